The first-order valence-electron chi connectivity index (χ1n) is 8.27. The average molecular weight is 328 g/mol. The van der Waals surface area contributed by atoms with Gasteiger partial charge in [0.25, 0.3) is 5.91 Å². The Morgan fingerprint density at radius 3 is 2.75 bits per heavy atom. The van der Waals surface area contributed by atoms with E-state index in [0.717, 1.165) is 23.2 Å². The predicted molar refractivity (Wildman–Crippen MR) is 92.6 cm³/mol. The molecule has 3 rings (SSSR count). The van der Waals surface area contributed by atoms with E-state index in [-0.39, 0.29) is 23.3 Å². The lowest BCUT2D eigenvalue weighted by molar-refractivity contribution is 0.0708. The van der Waals surface area contributed by atoms with E-state index in [9.17, 15) is 4.79 Å². The van der Waals surface area contributed by atoms with Crippen molar-refractivity contribution in [1.82, 2.24) is 25.1 Å². The number of hydrogen-bond acceptors (Lipinski definition) is 5. The third-order valence-corrected chi connectivity index (χ3v) is 4.62. The zero-order valence-electron chi connectivity index (χ0n) is 14.8. The Hall–Kier alpha value is -2.44. The molecule has 2 aromatic rings. The molecule has 0 saturated heterocycles. The largest absolute Gasteiger partial charge is 0.368 e. The summed E-state index contributed by atoms with van der Waals surface area (Å²) in [6.07, 6.45) is 2.49. The van der Waals surface area contributed by atoms with E-state index in [2.05, 4.69) is 34.0 Å². The number of H-pyrrole nitrogens is 1. The Labute approximate surface area is 141 Å². The van der Waals surface area contributed by atoms with Gasteiger partial charge in [0.2, 0.25) is 5.95 Å². The summed E-state index contributed by atoms with van der Waals surface area (Å²) in [5.41, 5.74) is 9.40. The highest BCUT2D eigenvalue weighted by Gasteiger charge is 2.39. The molecule has 0 aliphatic heterocycles. The number of aromatic amines is 1. The van der Waals surface area contributed by atoms with Crippen molar-refractivity contribution in [3.63, 3.8) is 0 Å². The van der Waals surface area contributed by atoms with Gasteiger partial charge in [-0.1, -0.05) is 13.8 Å². The summed E-state index contributed by atoms with van der Waals surface area (Å²) >= 11 is 0. The number of nitrogens with zero attached hydrogens (tertiary/aromatic N) is 4. The van der Waals surface area contributed by atoms with Crippen LogP contribution in [0.4, 0.5) is 5.95 Å². The van der Waals surface area contributed by atoms with Crippen LogP contribution in [0, 0.1) is 0 Å². The highest BCUT2D eigenvalue weighted by atomic mass is 16.2. The van der Waals surface area contributed by atoms with Gasteiger partial charge >= 0.3 is 0 Å². The van der Waals surface area contributed by atoms with Crippen molar-refractivity contribution in [2.45, 2.75) is 52.5 Å². The molecule has 1 amide bonds. The molecule has 128 valence electrons. The Morgan fingerprint density at radius 2 is 2.12 bits per heavy atom. The van der Waals surface area contributed by atoms with Crippen LogP contribution in [0.2, 0.25) is 0 Å². The van der Waals surface area contributed by atoms with Crippen LogP contribution in [0.15, 0.2) is 6.20 Å². The Balaban J connectivity index is 2.17. The number of rotatable bonds is 3. The minimum absolute atomic E-state index is 0.0280. The maximum atomic E-state index is 13.0. The smallest absolute Gasteiger partial charge is 0.272 e. The molecule has 0 atom stereocenters. The van der Waals surface area contributed by atoms with Crippen molar-refractivity contribution >= 4 is 11.9 Å². The summed E-state index contributed by atoms with van der Waals surface area (Å²) in [6, 6.07) is 0.124. The van der Waals surface area contributed by atoms with Gasteiger partial charge in [-0.2, -0.15) is 5.10 Å². The normalized spacial score (nSPS) is 15.1. The second kappa shape index (κ2) is 5.58. The van der Waals surface area contributed by atoms with Crippen molar-refractivity contribution in [3.05, 3.63) is 23.0 Å². The summed E-state index contributed by atoms with van der Waals surface area (Å²) in [6.45, 7) is 10.9. The zero-order valence-corrected chi connectivity index (χ0v) is 14.8. The molecule has 24 heavy (non-hydrogen) atoms. The molecule has 0 radical (unpaired) electrons. The Kier molecular flexibility index (Phi) is 3.81. The fourth-order valence-corrected chi connectivity index (χ4v) is 3.53. The first kappa shape index (κ1) is 16.4. The lowest BCUT2D eigenvalue weighted by Crippen LogP contribution is -2.38. The number of nitrogens with two attached hydrogens (primary N) is 1. The maximum Gasteiger partial charge on any atom is 0.272 e. The van der Waals surface area contributed by atoms with Crippen LogP contribution < -0.4 is 5.73 Å². The van der Waals surface area contributed by atoms with E-state index in [1.54, 1.807) is 6.20 Å². The molecule has 0 unspecified atom stereocenters. The van der Waals surface area contributed by atoms with E-state index >= 15 is 0 Å². The number of amides is 1. The average Bonchev–Trinajstić information content (AvgIpc) is 2.94. The minimum atomic E-state index is -0.240. The number of carbonyl (C=O) groups is 1. The highest BCUT2D eigenvalue weighted by Crippen LogP contribution is 2.42. The monoisotopic (exact) mass is 328 g/mol. The van der Waals surface area contributed by atoms with Gasteiger partial charge in [0, 0.05) is 24.3 Å². The first-order chi connectivity index (χ1) is 11.3. The standard InChI is InChI=1S/C17H24N6O/c1-6-23(9(2)3)15(24)14-11-13(21-22-14)12-10(7-17(11,4)5)8-19-16(18)20-12/h8-9H,6-7H2,1-5H3,(H,21,22)(H2,18,19,20). The van der Waals surface area contributed by atoms with Crippen LogP contribution in [0.25, 0.3) is 11.4 Å². The van der Waals surface area contributed by atoms with Crippen molar-refractivity contribution < 1.29 is 4.79 Å². The third kappa shape index (κ3) is 2.44. The maximum absolute atomic E-state index is 13.0. The third-order valence-electron chi connectivity index (χ3n) is 4.62. The molecular weight excluding hydrogens is 304 g/mol. The number of hydrogen-bond donors (Lipinski definition) is 2. The second-order valence-corrected chi connectivity index (χ2v) is 7.17. The quantitative estimate of drug-likeness (QED) is 0.899. The van der Waals surface area contributed by atoms with Gasteiger partial charge in [0.15, 0.2) is 0 Å². The Morgan fingerprint density at radius 1 is 1.42 bits per heavy atom. The van der Waals surface area contributed by atoms with Gasteiger partial charge in [0.1, 0.15) is 11.4 Å². The van der Waals surface area contributed by atoms with E-state index < -0.39 is 0 Å². The molecule has 0 saturated carbocycles. The predicted octanol–water partition coefficient (Wildman–Crippen LogP) is 2.15. The zero-order chi connectivity index (χ0) is 17.6. The van der Waals surface area contributed by atoms with Crippen LogP contribution in [0.5, 0.6) is 0 Å². The summed E-state index contributed by atoms with van der Waals surface area (Å²) in [7, 11) is 0. The van der Waals surface area contributed by atoms with Crippen molar-refractivity contribution in [1.29, 1.82) is 0 Å². The van der Waals surface area contributed by atoms with E-state index in [0.29, 0.717) is 17.9 Å². The summed E-state index contributed by atoms with van der Waals surface area (Å²) in [5, 5.41) is 7.37. The first-order valence-corrected chi connectivity index (χ1v) is 8.27. The van der Waals surface area contributed by atoms with Crippen molar-refractivity contribution in [3.8, 4) is 11.4 Å². The lowest BCUT2D eigenvalue weighted by atomic mass is 9.73. The minimum Gasteiger partial charge on any atom is -0.368 e. The van der Waals surface area contributed by atoms with Crippen LogP contribution in [-0.2, 0) is 11.8 Å². The number of aromatic nitrogens is 4. The molecule has 0 aromatic carbocycles. The molecule has 2 heterocycles. The fraction of sp³-hybridized carbons (Fsp3) is 0.529. The highest BCUT2D eigenvalue weighted by molar-refractivity contribution is 5.96. The number of nitrogen functional groups attached to an aromatic ring is 1. The SMILES string of the molecule is CCN(C(=O)c1[nH]nc2c1C(C)(C)Cc1cnc(N)nc1-2)C(C)C. The molecule has 0 spiro atoms. The van der Waals surface area contributed by atoms with Gasteiger partial charge in [-0.15, -0.1) is 0 Å². The van der Waals surface area contributed by atoms with Gasteiger partial charge in [-0.05, 0) is 38.2 Å². The molecule has 0 bridgehead atoms. The van der Waals surface area contributed by atoms with Crippen molar-refractivity contribution in [2.24, 2.45) is 0 Å². The number of fused-ring (bicyclic) bond motifs is 3. The topological polar surface area (TPSA) is 101 Å². The lowest BCUT2D eigenvalue weighted by Gasteiger charge is -2.32. The summed E-state index contributed by atoms with van der Waals surface area (Å²) < 4.78 is 0. The number of nitrogens with one attached hydrogen (secondary N) is 1. The molecule has 3 N–H and O–H groups in total. The molecule has 7 heteroatoms. The number of carbonyl (C=O) groups excluding carboxylic acids is 1. The summed E-state index contributed by atoms with van der Waals surface area (Å²) in [4.78, 5) is 23.3. The molecule has 7 nitrogen and oxygen atoms in total. The molecule has 2 aromatic heterocycles. The van der Waals surface area contributed by atoms with Crippen molar-refractivity contribution in [2.75, 3.05) is 12.3 Å². The van der Waals surface area contributed by atoms with E-state index in [1.165, 1.54) is 0 Å². The van der Waals surface area contributed by atoms with Crippen LogP contribution in [0.1, 0.15) is 56.2 Å². The van der Waals surface area contributed by atoms with E-state index in [4.69, 9.17) is 5.73 Å². The van der Waals surface area contributed by atoms with Gasteiger partial charge < -0.3 is 10.6 Å². The second-order valence-electron chi connectivity index (χ2n) is 7.17. The fourth-order valence-electron chi connectivity index (χ4n) is 3.53. The number of anilines is 1. The summed E-state index contributed by atoms with van der Waals surface area (Å²) in [5.74, 6) is 0.187. The van der Waals surface area contributed by atoms with Crippen LogP contribution in [0.3, 0.4) is 0 Å². The van der Waals surface area contributed by atoms with Gasteiger partial charge in [-0.3, -0.25) is 9.89 Å². The van der Waals surface area contributed by atoms with Gasteiger partial charge in [0.05, 0.1) is 5.69 Å². The Bertz CT molecular complexity index is 792. The van der Waals surface area contributed by atoms with Crippen LogP contribution in [-0.4, -0.2) is 43.6 Å². The molecule has 0 fully saturated rings. The van der Waals surface area contributed by atoms with Crippen LogP contribution >= 0.6 is 0 Å². The van der Waals surface area contributed by atoms with Gasteiger partial charge in [-0.25, -0.2) is 9.97 Å². The molecule has 1 aliphatic carbocycles. The molecular formula is C17H24N6O. The van der Waals surface area contributed by atoms with E-state index in [1.807, 2.05) is 25.7 Å². The molecule has 1 aliphatic rings.